The Morgan fingerprint density at radius 3 is 2.70 bits per heavy atom. The first-order valence-electron chi connectivity index (χ1n) is 6.38. The Kier molecular flexibility index (Phi) is 4.25. The zero-order valence-corrected chi connectivity index (χ0v) is 11.6. The molecule has 0 unspecified atom stereocenters. The summed E-state index contributed by atoms with van der Waals surface area (Å²) in [6.07, 6.45) is 0.271. The van der Waals surface area contributed by atoms with E-state index in [1.807, 2.05) is 37.3 Å². The van der Waals surface area contributed by atoms with Crippen LogP contribution in [-0.4, -0.2) is 13.0 Å². The Labute approximate surface area is 118 Å². The van der Waals surface area contributed by atoms with Gasteiger partial charge < -0.3 is 15.8 Å². The molecule has 2 rings (SSSR count). The lowest BCUT2D eigenvalue weighted by atomic mass is 10.1. The van der Waals surface area contributed by atoms with Crippen molar-refractivity contribution in [2.24, 2.45) is 0 Å². The molecule has 4 nitrogen and oxygen atoms in total. The highest BCUT2D eigenvalue weighted by molar-refractivity contribution is 5.92. The fourth-order valence-corrected chi connectivity index (χ4v) is 1.98. The molecule has 3 N–H and O–H groups in total. The maximum absolute atomic E-state index is 12.0. The number of nitrogens with two attached hydrogens (primary N) is 1. The van der Waals surface area contributed by atoms with Crippen LogP contribution in [0.3, 0.4) is 0 Å². The molecule has 2 aromatic rings. The SMILES string of the molecule is COc1ccccc1CC(=O)Nc1ccc(N)c(C)c1. The summed E-state index contributed by atoms with van der Waals surface area (Å²) in [5.41, 5.74) is 9.02. The van der Waals surface area contributed by atoms with Crippen LogP contribution in [0.4, 0.5) is 11.4 Å². The largest absolute Gasteiger partial charge is 0.496 e. The first kappa shape index (κ1) is 13.9. The smallest absolute Gasteiger partial charge is 0.228 e. The maximum Gasteiger partial charge on any atom is 0.228 e. The van der Waals surface area contributed by atoms with Gasteiger partial charge in [0.05, 0.1) is 13.5 Å². The van der Waals surface area contributed by atoms with Gasteiger partial charge >= 0.3 is 0 Å². The van der Waals surface area contributed by atoms with Gasteiger partial charge in [-0.1, -0.05) is 18.2 Å². The fourth-order valence-electron chi connectivity index (χ4n) is 1.98. The van der Waals surface area contributed by atoms with Crippen LogP contribution in [0.15, 0.2) is 42.5 Å². The number of nitrogens with one attached hydrogen (secondary N) is 1. The van der Waals surface area contributed by atoms with Gasteiger partial charge in [-0.15, -0.1) is 0 Å². The Bertz CT molecular complexity index is 624. The molecule has 0 fully saturated rings. The van der Waals surface area contributed by atoms with E-state index >= 15 is 0 Å². The van der Waals surface area contributed by atoms with E-state index in [0.717, 1.165) is 22.6 Å². The van der Waals surface area contributed by atoms with Gasteiger partial charge in [0.2, 0.25) is 5.91 Å². The van der Waals surface area contributed by atoms with Crippen LogP contribution >= 0.6 is 0 Å². The number of aryl methyl sites for hydroxylation is 1. The Morgan fingerprint density at radius 1 is 1.25 bits per heavy atom. The van der Waals surface area contributed by atoms with Crippen LogP contribution in [0.1, 0.15) is 11.1 Å². The van der Waals surface area contributed by atoms with E-state index in [4.69, 9.17) is 10.5 Å². The zero-order chi connectivity index (χ0) is 14.5. The summed E-state index contributed by atoms with van der Waals surface area (Å²) in [4.78, 5) is 12.0. The third kappa shape index (κ3) is 3.29. The van der Waals surface area contributed by atoms with Crippen LogP contribution in [0.2, 0.25) is 0 Å². The van der Waals surface area contributed by atoms with Gasteiger partial charge in [0.25, 0.3) is 0 Å². The predicted octanol–water partition coefficient (Wildman–Crippen LogP) is 2.77. The van der Waals surface area contributed by atoms with E-state index in [1.54, 1.807) is 19.2 Å². The molecule has 0 spiro atoms. The number of methoxy groups -OCH3 is 1. The molecule has 0 aromatic heterocycles. The van der Waals surface area contributed by atoms with Gasteiger partial charge in [0.1, 0.15) is 5.75 Å². The first-order chi connectivity index (χ1) is 9.60. The summed E-state index contributed by atoms with van der Waals surface area (Å²) in [6.45, 7) is 1.91. The van der Waals surface area contributed by atoms with Crippen LogP contribution in [0, 0.1) is 6.92 Å². The number of hydrogen-bond donors (Lipinski definition) is 2. The first-order valence-corrected chi connectivity index (χ1v) is 6.38. The van der Waals surface area contributed by atoms with Crippen molar-refractivity contribution < 1.29 is 9.53 Å². The lowest BCUT2D eigenvalue weighted by molar-refractivity contribution is -0.115. The van der Waals surface area contributed by atoms with Gasteiger partial charge in [-0.3, -0.25) is 4.79 Å². The molecule has 0 saturated carbocycles. The number of hydrogen-bond acceptors (Lipinski definition) is 3. The lowest BCUT2D eigenvalue weighted by Gasteiger charge is -2.10. The summed E-state index contributed by atoms with van der Waals surface area (Å²) < 4.78 is 5.23. The number of rotatable bonds is 4. The van der Waals surface area contributed by atoms with Crippen molar-refractivity contribution in [3.8, 4) is 5.75 Å². The van der Waals surface area contributed by atoms with E-state index in [1.165, 1.54) is 0 Å². The summed E-state index contributed by atoms with van der Waals surface area (Å²) in [7, 11) is 1.60. The maximum atomic E-state index is 12.0. The molecule has 104 valence electrons. The van der Waals surface area contributed by atoms with Gasteiger partial charge in [-0.05, 0) is 36.8 Å². The summed E-state index contributed by atoms with van der Waals surface area (Å²) in [5, 5.41) is 2.86. The third-order valence-corrected chi connectivity index (χ3v) is 3.10. The standard InChI is InChI=1S/C16H18N2O2/c1-11-9-13(7-8-14(11)17)18-16(19)10-12-5-3-4-6-15(12)20-2/h3-9H,10,17H2,1-2H3,(H,18,19). The molecule has 0 radical (unpaired) electrons. The summed E-state index contributed by atoms with van der Waals surface area (Å²) >= 11 is 0. The normalized spacial score (nSPS) is 10.1. The molecule has 0 heterocycles. The number of ether oxygens (including phenoxy) is 1. The van der Waals surface area contributed by atoms with Crippen LogP contribution in [0.25, 0.3) is 0 Å². The van der Waals surface area contributed by atoms with E-state index in [2.05, 4.69) is 5.32 Å². The zero-order valence-electron chi connectivity index (χ0n) is 11.6. The number of amides is 1. The quantitative estimate of drug-likeness (QED) is 0.840. The predicted molar refractivity (Wildman–Crippen MR) is 80.9 cm³/mol. The van der Waals surface area contributed by atoms with Crippen molar-refractivity contribution in [1.29, 1.82) is 0 Å². The van der Waals surface area contributed by atoms with E-state index in [-0.39, 0.29) is 12.3 Å². The fraction of sp³-hybridized carbons (Fsp3) is 0.188. The molecule has 2 aromatic carbocycles. The van der Waals surface area contributed by atoms with Crippen molar-refractivity contribution in [2.45, 2.75) is 13.3 Å². The topological polar surface area (TPSA) is 64.3 Å². The molecule has 20 heavy (non-hydrogen) atoms. The van der Waals surface area contributed by atoms with Gasteiger partial charge in [0, 0.05) is 16.9 Å². The number of nitrogen functional groups attached to an aromatic ring is 1. The van der Waals surface area contributed by atoms with Crippen molar-refractivity contribution in [3.05, 3.63) is 53.6 Å². The highest BCUT2D eigenvalue weighted by atomic mass is 16.5. The molecule has 0 saturated heterocycles. The molecule has 0 aliphatic carbocycles. The highest BCUT2D eigenvalue weighted by Crippen LogP contribution is 2.20. The molecule has 0 aliphatic rings. The van der Waals surface area contributed by atoms with Crippen molar-refractivity contribution in [3.63, 3.8) is 0 Å². The average molecular weight is 270 g/mol. The molecule has 0 atom stereocenters. The minimum atomic E-state index is -0.0846. The number of anilines is 2. The second-order valence-electron chi connectivity index (χ2n) is 4.61. The lowest BCUT2D eigenvalue weighted by Crippen LogP contribution is -2.15. The molecule has 1 amide bonds. The second-order valence-corrected chi connectivity index (χ2v) is 4.61. The number of benzene rings is 2. The molecular formula is C16H18N2O2. The van der Waals surface area contributed by atoms with Crippen molar-refractivity contribution in [2.75, 3.05) is 18.2 Å². The van der Waals surface area contributed by atoms with E-state index in [0.29, 0.717) is 5.69 Å². The third-order valence-electron chi connectivity index (χ3n) is 3.10. The number of para-hydroxylation sites is 1. The Hall–Kier alpha value is -2.49. The molecule has 0 bridgehead atoms. The molecular weight excluding hydrogens is 252 g/mol. The minimum Gasteiger partial charge on any atom is -0.496 e. The molecule has 4 heteroatoms. The summed E-state index contributed by atoms with van der Waals surface area (Å²) in [6, 6.07) is 12.9. The minimum absolute atomic E-state index is 0.0846. The van der Waals surface area contributed by atoms with Gasteiger partial charge in [0.15, 0.2) is 0 Å². The van der Waals surface area contributed by atoms with Crippen LogP contribution < -0.4 is 15.8 Å². The second kappa shape index (κ2) is 6.10. The number of carbonyl (C=O) groups is 1. The Morgan fingerprint density at radius 2 is 2.00 bits per heavy atom. The highest BCUT2D eigenvalue weighted by Gasteiger charge is 2.08. The van der Waals surface area contributed by atoms with Crippen LogP contribution in [-0.2, 0) is 11.2 Å². The van der Waals surface area contributed by atoms with Crippen molar-refractivity contribution in [1.82, 2.24) is 0 Å². The van der Waals surface area contributed by atoms with Crippen molar-refractivity contribution >= 4 is 17.3 Å². The Balaban J connectivity index is 2.07. The van der Waals surface area contributed by atoms with Gasteiger partial charge in [-0.2, -0.15) is 0 Å². The monoisotopic (exact) mass is 270 g/mol. The average Bonchev–Trinajstić information content (AvgIpc) is 2.43. The number of carbonyl (C=O) groups excluding carboxylic acids is 1. The van der Waals surface area contributed by atoms with E-state index in [9.17, 15) is 4.79 Å². The molecule has 0 aliphatic heterocycles. The summed E-state index contributed by atoms with van der Waals surface area (Å²) in [5.74, 6) is 0.634. The van der Waals surface area contributed by atoms with E-state index < -0.39 is 0 Å². The van der Waals surface area contributed by atoms with Crippen LogP contribution in [0.5, 0.6) is 5.75 Å². The van der Waals surface area contributed by atoms with Gasteiger partial charge in [-0.25, -0.2) is 0 Å².